The van der Waals surface area contributed by atoms with Gasteiger partial charge in [-0.25, -0.2) is 9.97 Å². The zero-order valence-corrected chi connectivity index (χ0v) is 7.93. The molecule has 0 atom stereocenters. The molecule has 1 aromatic heterocycles. The molecule has 0 fully saturated rings. The van der Waals surface area contributed by atoms with E-state index in [4.69, 9.17) is 9.84 Å². The van der Waals surface area contributed by atoms with E-state index in [1.807, 2.05) is 0 Å². The smallest absolute Gasteiger partial charge is 0.316 e. The highest BCUT2D eigenvalue weighted by atomic mass is 16.5. The van der Waals surface area contributed by atoms with Crippen LogP contribution in [0.5, 0.6) is 6.01 Å². The predicted octanol–water partition coefficient (Wildman–Crippen LogP) is -0.102. The highest BCUT2D eigenvalue weighted by molar-refractivity contribution is 6.01. The number of carbonyl (C=O) groups excluding carboxylic acids is 1. The molecule has 7 heteroatoms. The summed E-state index contributed by atoms with van der Waals surface area (Å²) < 4.78 is 4.71. The Labute approximate surface area is 85.1 Å². The first-order chi connectivity index (χ1) is 7.11. The average molecular weight is 211 g/mol. The predicted molar refractivity (Wildman–Crippen MR) is 49.5 cm³/mol. The molecule has 7 nitrogen and oxygen atoms in total. The summed E-state index contributed by atoms with van der Waals surface area (Å²) in [5, 5.41) is 10.7. The van der Waals surface area contributed by atoms with Crippen molar-refractivity contribution in [1.82, 2.24) is 9.97 Å². The van der Waals surface area contributed by atoms with Crippen molar-refractivity contribution >= 4 is 17.6 Å². The quantitative estimate of drug-likeness (QED) is 0.674. The number of carboxylic acids is 1. The minimum absolute atomic E-state index is 0.172. The van der Waals surface area contributed by atoms with Crippen molar-refractivity contribution in [2.75, 3.05) is 12.4 Å². The maximum Gasteiger partial charge on any atom is 0.316 e. The lowest BCUT2D eigenvalue weighted by atomic mass is 10.4. The number of carboxylic acid groups (broad SMARTS) is 1. The second-order valence-corrected chi connectivity index (χ2v) is 2.58. The third-order valence-electron chi connectivity index (χ3n) is 1.41. The summed E-state index contributed by atoms with van der Waals surface area (Å²) in [5.41, 5.74) is 0.321. The van der Waals surface area contributed by atoms with Gasteiger partial charge in [0.15, 0.2) is 0 Å². The van der Waals surface area contributed by atoms with Gasteiger partial charge in [-0.05, 0) is 0 Å². The summed E-state index contributed by atoms with van der Waals surface area (Å²) in [6.45, 7) is 0. The zero-order chi connectivity index (χ0) is 11.3. The van der Waals surface area contributed by atoms with Crippen LogP contribution in [-0.2, 0) is 9.59 Å². The maximum atomic E-state index is 11.0. The Balaban J connectivity index is 2.57. The Kier molecular flexibility index (Phi) is 3.55. The molecule has 0 saturated carbocycles. The van der Waals surface area contributed by atoms with Gasteiger partial charge < -0.3 is 15.2 Å². The lowest BCUT2D eigenvalue weighted by Crippen LogP contribution is -2.16. The van der Waals surface area contributed by atoms with Gasteiger partial charge in [-0.15, -0.1) is 0 Å². The highest BCUT2D eigenvalue weighted by Gasteiger charge is 2.08. The van der Waals surface area contributed by atoms with E-state index in [1.54, 1.807) is 0 Å². The van der Waals surface area contributed by atoms with E-state index in [0.29, 0.717) is 5.69 Å². The van der Waals surface area contributed by atoms with Crippen LogP contribution >= 0.6 is 0 Å². The molecule has 80 valence electrons. The van der Waals surface area contributed by atoms with Crippen molar-refractivity contribution in [3.8, 4) is 6.01 Å². The number of aliphatic carboxylic acids is 1. The van der Waals surface area contributed by atoms with E-state index in [2.05, 4.69) is 15.3 Å². The van der Waals surface area contributed by atoms with Gasteiger partial charge in [-0.3, -0.25) is 9.59 Å². The summed E-state index contributed by atoms with van der Waals surface area (Å²) in [5.74, 6) is -1.82. The third-order valence-corrected chi connectivity index (χ3v) is 1.41. The number of ether oxygens (including phenoxy) is 1. The van der Waals surface area contributed by atoms with E-state index < -0.39 is 18.3 Å². The first kappa shape index (κ1) is 10.9. The topological polar surface area (TPSA) is 101 Å². The van der Waals surface area contributed by atoms with E-state index in [9.17, 15) is 9.59 Å². The normalized spacial score (nSPS) is 9.40. The molecular formula is C8H9N3O4. The van der Waals surface area contributed by atoms with Crippen molar-refractivity contribution < 1.29 is 19.4 Å². The summed E-state index contributed by atoms with van der Waals surface area (Å²) in [4.78, 5) is 28.7. The molecule has 0 aliphatic carbocycles. The Bertz CT molecular complexity index is 363. The molecule has 1 rings (SSSR count). The minimum Gasteiger partial charge on any atom is -0.481 e. The van der Waals surface area contributed by atoms with Crippen LogP contribution in [0.1, 0.15) is 6.42 Å². The standard InChI is InChI=1S/C8H9N3O4/c1-15-8-9-3-5(4-10-8)11-6(12)2-7(13)14/h3-4H,2H2,1H3,(H,11,12)(H,13,14). The van der Waals surface area contributed by atoms with Gasteiger partial charge >= 0.3 is 12.0 Å². The van der Waals surface area contributed by atoms with Crippen LogP contribution in [0.15, 0.2) is 12.4 Å². The largest absolute Gasteiger partial charge is 0.481 e. The third kappa shape index (κ3) is 3.59. The monoisotopic (exact) mass is 211 g/mol. The highest BCUT2D eigenvalue weighted by Crippen LogP contribution is 2.06. The molecule has 1 heterocycles. The van der Waals surface area contributed by atoms with Crippen LogP contribution in [0.4, 0.5) is 5.69 Å². The van der Waals surface area contributed by atoms with Crippen LogP contribution in [-0.4, -0.2) is 34.1 Å². The average Bonchev–Trinajstić information content (AvgIpc) is 2.17. The van der Waals surface area contributed by atoms with Gasteiger partial charge in [0, 0.05) is 0 Å². The van der Waals surface area contributed by atoms with Crippen LogP contribution in [0.2, 0.25) is 0 Å². The van der Waals surface area contributed by atoms with Gasteiger partial charge in [0.1, 0.15) is 6.42 Å². The summed E-state index contributed by atoms with van der Waals surface area (Å²) in [6.07, 6.45) is 2.06. The molecule has 2 N–H and O–H groups in total. The number of anilines is 1. The van der Waals surface area contributed by atoms with Crippen LogP contribution in [0, 0.1) is 0 Å². The zero-order valence-electron chi connectivity index (χ0n) is 7.93. The van der Waals surface area contributed by atoms with Crippen molar-refractivity contribution in [1.29, 1.82) is 0 Å². The van der Waals surface area contributed by atoms with Crippen LogP contribution < -0.4 is 10.1 Å². The summed E-state index contributed by atoms with van der Waals surface area (Å²) >= 11 is 0. The number of hydrogen-bond acceptors (Lipinski definition) is 5. The first-order valence-corrected chi connectivity index (χ1v) is 3.99. The Morgan fingerprint density at radius 3 is 2.53 bits per heavy atom. The Morgan fingerprint density at radius 2 is 2.07 bits per heavy atom. The second-order valence-electron chi connectivity index (χ2n) is 2.58. The van der Waals surface area contributed by atoms with Gasteiger partial charge in [-0.1, -0.05) is 0 Å². The Hall–Kier alpha value is -2.18. The van der Waals surface area contributed by atoms with Crippen molar-refractivity contribution in [2.24, 2.45) is 0 Å². The van der Waals surface area contributed by atoms with Crippen molar-refractivity contribution in [2.45, 2.75) is 6.42 Å². The minimum atomic E-state index is -1.19. The number of hydrogen-bond donors (Lipinski definition) is 2. The SMILES string of the molecule is COc1ncc(NC(=O)CC(=O)O)cn1. The number of nitrogens with zero attached hydrogens (tertiary/aromatic N) is 2. The molecule has 0 unspecified atom stereocenters. The van der Waals surface area contributed by atoms with Gasteiger partial charge in [0.2, 0.25) is 5.91 Å². The lowest BCUT2D eigenvalue weighted by molar-refractivity contribution is -0.139. The maximum absolute atomic E-state index is 11.0. The van der Waals surface area contributed by atoms with Crippen LogP contribution in [0.25, 0.3) is 0 Å². The number of aromatic nitrogens is 2. The van der Waals surface area contributed by atoms with Gasteiger partial charge in [0.05, 0.1) is 25.2 Å². The van der Waals surface area contributed by atoms with Gasteiger partial charge in [-0.2, -0.15) is 0 Å². The van der Waals surface area contributed by atoms with E-state index >= 15 is 0 Å². The molecule has 1 aromatic rings. The molecule has 0 bridgehead atoms. The summed E-state index contributed by atoms with van der Waals surface area (Å²) in [7, 11) is 1.41. The van der Waals surface area contributed by atoms with Crippen molar-refractivity contribution in [3.05, 3.63) is 12.4 Å². The molecule has 0 radical (unpaired) electrons. The molecule has 0 aliphatic heterocycles. The van der Waals surface area contributed by atoms with Crippen LogP contribution in [0.3, 0.4) is 0 Å². The molecular weight excluding hydrogens is 202 g/mol. The molecule has 1 amide bonds. The number of methoxy groups -OCH3 is 1. The van der Waals surface area contributed by atoms with E-state index in [0.717, 1.165) is 0 Å². The van der Waals surface area contributed by atoms with Crippen molar-refractivity contribution in [3.63, 3.8) is 0 Å². The number of nitrogens with one attached hydrogen (secondary N) is 1. The first-order valence-electron chi connectivity index (χ1n) is 3.99. The second kappa shape index (κ2) is 4.89. The lowest BCUT2D eigenvalue weighted by Gasteiger charge is -2.02. The van der Waals surface area contributed by atoms with E-state index in [1.165, 1.54) is 19.5 Å². The number of carbonyl (C=O) groups is 2. The van der Waals surface area contributed by atoms with Gasteiger partial charge in [0.25, 0.3) is 0 Å². The Morgan fingerprint density at radius 1 is 1.47 bits per heavy atom. The summed E-state index contributed by atoms with van der Waals surface area (Å²) in [6, 6.07) is 0.172. The fraction of sp³-hybridized carbons (Fsp3) is 0.250. The number of amides is 1. The molecule has 0 spiro atoms. The van der Waals surface area contributed by atoms with E-state index in [-0.39, 0.29) is 6.01 Å². The molecule has 0 aromatic carbocycles. The molecule has 0 aliphatic rings. The molecule has 15 heavy (non-hydrogen) atoms. The molecule has 0 saturated heterocycles. The fourth-order valence-electron chi connectivity index (χ4n) is 0.829. The number of rotatable bonds is 4. The fourth-order valence-corrected chi connectivity index (χ4v) is 0.829.